The molecule has 0 saturated carbocycles. The summed E-state index contributed by atoms with van der Waals surface area (Å²) in [6, 6.07) is 6.81. The van der Waals surface area contributed by atoms with Gasteiger partial charge in [0.1, 0.15) is 5.76 Å². The summed E-state index contributed by atoms with van der Waals surface area (Å²) in [4.78, 5) is 12.0. The lowest BCUT2D eigenvalue weighted by Crippen LogP contribution is -2.29. The van der Waals surface area contributed by atoms with Crippen molar-refractivity contribution in [3.63, 3.8) is 0 Å². The van der Waals surface area contributed by atoms with Crippen LogP contribution in [0.1, 0.15) is 47.9 Å². The molecule has 0 radical (unpaired) electrons. The Morgan fingerprint density at radius 3 is 2.57 bits per heavy atom. The van der Waals surface area contributed by atoms with Crippen molar-refractivity contribution in [2.45, 2.75) is 39.2 Å². The van der Waals surface area contributed by atoms with Gasteiger partial charge in [0.25, 0.3) is 0 Å². The number of hydrogen-bond donors (Lipinski definition) is 2. The molecule has 0 aliphatic heterocycles. The number of hydrogen-bond acceptors (Lipinski definition) is 4. The van der Waals surface area contributed by atoms with Gasteiger partial charge in [-0.05, 0) is 31.5 Å². The molecule has 2 unspecified atom stereocenters. The lowest BCUT2D eigenvalue weighted by Gasteiger charge is -2.15. The molecule has 1 aromatic carbocycles. The highest BCUT2D eigenvalue weighted by molar-refractivity contribution is 6.30. The minimum atomic E-state index is -0.846. The van der Waals surface area contributed by atoms with Crippen LogP contribution < -0.4 is 5.32 Å². The molecule has 2 atom stereocenters. The molecule has 5 nitrogen and oxygen atoms in total. The van der Waals surface area contributed by atoms with E-state index in [1.807, 2.05) is 20.8 Å². The Balaban J connectivity index is 1.86. The number of rotatable bonds is 6. The van der Waals surface area contributed by atoms with Crippen LogP contribution in [0.25, 0.3) is 0 Å². The van der Waals surface area contributed by atoms with Crippen LogP contribution in [0.5, 0.6) is 0 Å². The monoisotopic (exact) mass is 336 g/mol. The smallest absolute Gasteiger partial charge is 0.222 e. The Bertz CT molecular complexity index is 647. The topological polar surface area (TPSA) is 75.4 Å². The minimum absolute atomic E-state index is 0.00987. The fourth-order valence-electron chi connectivity index (χ4n) is 2.61. The molecular weight excluding hydrogens is 316 g/mol. The van der Waals surface area contributed by atoms with Crippen LogP contribution in [-0.4, -0.2) is 22.7 Å². The fourth-order valence-corrected chi connectivity index (χ4v) is 2.74. The Morgan fingerprint density at radius 2 is 2.00 bits per heavy atom. The first-order valence-corrected chi connectivity index (χ1v) is 7.89. The molecule has 2 aromatic rings. The van der Waals surface area contributed by atoms with E-state index in [2.05, 4.69) is 10.5 Å². The fraction of sp³-hybridized carbons (Fsp3) is 0.412. The van der Waals surface area contributed by atoms with E-state index < -0.39 is 6.10 Å². The molecule has 124 valence electrons. The Morgan fingerprint density at radius 1 is 1.35 bits per heavy atom. The lowest BCUT2D eigenvalue weighted by molar-refractivity contribution is -0.123. The largest absolute Gasteiger partial charge is 0.388 e. The van der Waals surface area contributed by atoms with Crippen LogP contribution in [0, 0.1) is 13.8 Å². The van der Waals surface area contributed by atoms with Gasteiger partial charge in [-0.2, -0.15) is 0 Å². The number of nitrogens with one attached hydrogen (secondary N) is 1. The number of benzene rings is 1. The predicted molar refractivity (Wildman–Crippen MR) is 88.4 cm³/mol. The summed E-state index contributed by atoms with van der Waals surface area (Å²) < 4.78 is 5.14. The number of aryl methyl sites for hydroxylation is 2. The maximum absolute atomic E-state index is 12.0. The first kappa shape index (κ1) is 17.5. The SMILES string of the molecule is Cc1noc(C)c1C(C)CNC(=O)CC(O)c1ccc(Cl)cc1. The number of amides is 1. The maximum atomic E-state index is 12.0. The van der Waals surface area contributed by atoms with Crippen LogP contribution >= 0.6 is 11.6 Å². The second-order valence-corrected chi connectivity index (χ2v) is 6.15. The second kappa shape index (κ2) is 7.62. The molecular formula is C17H21ClN2O3. The molecule has 2 rings (SSSR count). The summed E-state index contributed by atoms with van der Waals surface area (Å²) in [7, 11) is 0. The predicted octanol–water partition coefficient (Wildman–Crippen LogP) is 3.29. The zero-order chi connectivity index (χ0) is 17.0. The van der Waals surface area contributed by atoms with Crippen molar-refractivity contribution in [2.75, 3.05) is 6.54 Å². The van der Waals surface area contributed by atoms with Gasteiger partial charge in [-0.15, -0.1) is 0 Å². The van der Waals surface area contributed by atoms with Gasteiger partial charge >= 0.3 is 0 Å². The summed E-state index contributed by atoms with van der Waals surface area (Å²) in [6.45, 7) is 6.21. The number of nitrogens with zero attached hydrogens (tertiary/aromatic N) is 1. The number of aliphatic hydroxyl groups excluding tert-OH is 1. The summed E-state index contributed by atoms with van der Waals surface area (Å²) >= 11 is 5.81. The van der Waals surface area contributed by atoms with Gasteiger partial charge in [-0.25, -0.2) is 0 Å². The first-order chi connectivity index (χ1) is 10.9. The molecule has 1 heterocycles. The molecule has 1 aromatic heterocycles. The molecule has 2 N–H and O–H groups in total. The van der Waals surface area contributed by atoms with Gasteiger partial charge in [0.05, 0.1) is 18.2 Å². The average Bonchev–Trinajstić information content (AvgIpc) is 2.84. The standard InChI is InChI=1S/C17H21ClN2O3/c1-10(17-11(2)20-23-12(17)3)9-19-16(22)8-15(21)13-4-6-14(18)7-5-13/h4-7,10,15,21H,8-9H2,1-3H3,(H,19,22). The van der Waals surface area contributed by atoms with E-state index in [1.165, 1.54) is 0 Å². The number of aliphatic hydroxyl groups is 1. The van der Waals surface area contributed by atoms with Crippen LogP contribution in [0.3, 0.4) is 0 Å². The summed E-state index contributed by atoms with van der Waals surface area (Å²) in [5.74, 6) is 0.661. The third kappa shape index (κ3) is 4.56. The van der Waals surface area contributed by atoms with Gasteiger partial charge < -0.3 is 14.9 Å². The highest BCUT2D eigenvalue weighted by Gasteiger charge is 2.18. The van der Waals surface area contributed by atoms with Crippen molar-refractivity contribution in [1.82, 2.24) is 10.5 Å². The molecule has 23 heavy (non-hydrogen) atoms. The molecule has 0 spiro atoms. The molecule has 6 heteroatoms. The summed E-state index contributed by atoms with van der Waals surface area (Å²) in [5.41, 5.74) is 2.53. The molecule has 0 saturated heterocycles. The number of aromatic nitrogens is 1. The number of carbonyl (C=O) groups excluding carboxylic acids is 1. The van der Waals surface area contributed by atoms with Crippen molar-refractivity contribution < 1.29 is 14.4 Å². The van der Waals surface area contributed by atoms with Crippen LogP contribution in [0.2, 0.25) is 5.02 Å². The van der Waals surface area contributed by atoms with Gasteiger partial charge in [-0.1, -0.05) is 35.8 Å². The van der Waals surface area contributed by atoms with Gasteiger partial charge in [0.15, 0.2) is 0 Å². The first-order valence-electron chi connectivity index (χ1n) is 7.51. The molecule has 0 aliphatic rings. The normalized spacial score (nSPS) is 13.6. The zero-order valence-corrected chi connectivity index (χ0v) is 14.2. The van der Waals surface area contributed by atoms with Crippen molar-refractivity contribution in [2.24, 2.45) is 0 Å². The van der Waals surface area contributed by atoms with Crippen LogP contribution in [0.15, 0.2) is 28.8 Å². The number of carbonyl (C=O) groups is 1. The van der Waals surface area contributed by atoms with E-state index in [-0.39, 0.29) is 18.2 Å². The Labute approximate surface area is 140 Å². The molecule has 0 aliphatic carbocycles. The quantitative estimate of drug-likeness (QED) is 0.848. The lowest BCUT2D eigenvalue weighted by atomic mass is 9.99. The van der Waals surface area contributed by atoms with E-state index >= 15 is 0 Å². The van der Waals surface area contributed by atoms with E-state index in [4.69, 9.17) is 16.1 Å². The highest BCUT2D eigenvalue weighted by Crippen LogP contribution is 2.23. The average molecular weight is 337 g/mol. The third-order valence-corrected chi connectivity index (χ3v) is 4.07. The maximum Gasteiger partial charge on any atom is 0.222 e. The van der Waals surface area contributed by atoms with Crippen LogP contribution in [-0.2, 0) is 4.79 Å². The third-order valence-electron chi connectivity index (χ3n) is 3.82. The van der Waals surface area contributed by atoms with E-state index in [0.29, 0.717) is 17.1 Å². The van der Waals surface area contributed by atoms with Gasteiger partial charge in [0, 0.05) is 23.0 Å². The second-order valence-electron chi connectivity index (χ2n) is 5.71. The summed E-state index contributed by atoms with van der Waals surface area (Å²) in [6.07, 6.45) is -0.836. The number of halogens is 1. The van der Waals surface area contributed by atoms with Crippen molar-refractivity contribution >= 4 is 17.5 Å². The van der Waals surface area contributed by atoms with Crippen LogP contribution in [0.4, 0.5) is 0 Å². The van der Waals surface area contributed by atoms with Crippen molar-refractivity contribution in [3.05, 3.63) is 51.9 Å². The summed E-state index contributed by atoms with van der Waals surface area (Å²) in [5, 5.41) is 17.5. The van der Waals surface area contributed by atoms with E-state index in [9.17, 15) is 9.90 Å². The molecule has 0 fully saturated rings. The van der Waals surface area contributed by atoms with Gasteiger partial charge in [-0.3, -0.25) is 4.79 Å². The Hall–Kier alpha value is -1.85. The van der Waals surface area contributed by atoms with Crippen molar-refractivity contribution in [3.8, 4) is 0 Å². The molecule has 1 amide bonds. The molecule has 0 bridgehead atoms. The minimum Gasteiger partial charge on any atom is -0.388 e. The zero-order valence-electron chi connectivity index (χ0n) is 13.5. The Kier molecular flexibility index (Phi) is 5.80. The van der Waals surface area contributed by atoms with E-state index in [0.717, 1.165) is 17.0 Å². The van der Waals surface area contributed by atoms with E-state index in [1.54, 1.807) is 24.3 Å². The van der Waals surface area contributed by atoms with Crippen molar-refractivity contribution in [1.29, 1.82) is 0 Å². The highest BCUT2D eigenvalue weighted by atomic mass is 35.5. The van der Waals surface area contributed by atoms with Gasteiger partial charge in [0.2, 0.25) is 5.91 Å².